The summed E-state index contributed by atoms with van der Waals surface area (Å²) >= 11 is 0. The third-order valence-corrected chi connectivity index (χ3v) is 2.79. The van der Waals surface area contributed by atoms with Crippen molar-refractivity contribution in [1.82, 2.24) is 0 Å². The lowest BCUT2D eigenvalue weighted by molar-refractivity contribution is 0.475. The van der Waals surface area contributed by atoms with Crippen molar-refractivity contribution in [3.63, 3.8) is 0 Å². The van der Waals surface area contributed by atoms with Gasteiger partial charge in [-0.1, -0.05) is 12.1 Å². The Kier molecular flexibility index (Phi) is 3.37. The Bertz CT molecular complexity index is 557. The van der Waals surface area contributed by atoms with Gasteiger partial charge in [-0.05, 0) is 29.8 Å². The van der Waals surface area contributed by atoms with Crippen LogP contribution in [0.15, 0.2) is 42.5 Å². The number of hydrogen-bond acceptors (Lipinski definition) is 3. The van der Waals surface area contributed by atoms with Crippen molar-refractivity contribution < 1.29 is 9.50 Å². The van der Waals surface area contributed by atoms with Gasteiger partial charge < -0.3 is 15.7 Å². The quantitative estimate of drug-likeness (QED) is 0.819. The van der Waals surface area contributed by atoms with E-state index in [0.717, 1.165) is 11.3 Å². The van der Waals surface area contributed by atoms with Crippen LogP contribution in [0, 0.1) is 5.82 Å². The third kappa shape index (κ3) is 2.71. The molecule has 4 heteroatoms. The predicted molar refractivity (Wildman–Crippen MR) is 71.0 cm³/mol. The van der Waals surface area contributed by atoms with Crippen LogP contribution in [0.1, 0.15) is 5.56 Å². The first-order valence-electron chi connectivity index (χ1n) is 5.60. The molecule has 3 nitrogen and oxygen atoms in total. The number of nitrogens with zero attached hydrogens (tertiary/aromatic N) is 1. The number of nitrogens with two attached hydrogens (primary N) is 1. The van der Waals surface area contributed by atoms with Crippen molar-refractivity contribution in [2.24, 2.45) is 0 Å². The van der Waals surface area contributed by atoms with E-state index >= 15 is 0 Å². The van der Waals surface area contributed by atoms with E-state index in [9.17, 15) is 9.50 Å². The highest BCUT2D eigenvalue weighted by Gasteiger charge is 2.06. The lowest BCUT2D eigenvalue weighted by Crippen LogP contribution is -2.17. The summed E-state index contributed by atoms with van der Waals surface area (Å²) in [6.07, 6.45) is 0. The van der Waals surface area contributed by atoms with Crippen LogP contribution in [-0.4, -0.2) is 12.2 Å². The van der Waals surface area contributed by atoms with Crippen LogP contribution in [-0.2, 0) is 6.54 Å². The molecule has 0 aliphatic rings. The van der Waals surface area contributed by atoms with E-state index < -0.39 is 0 Å². The standard InChI is InChI=1S/C14H15FN2O/c1-17(12-3-2-4-13(18)8-12)9-10-5-6-11(15)7-14(10)16/h2-8,18H,9,16H2,1H3. The summed E-state index contributed by atoms with van der Waals surface area (Å²) in [5, 5.41) is 9.42. The van der Waals surface area contributed by atoms with E-state index in [1.165, 1.54) is 12.1 Å². The molecule has 0 unspecified atom stereocenters. The predicted octanol–water partition coefficient (Wildman–Crippen LogP) is 2.75. The highest BCUT2D eigenvalue weighted by Crippen LogP contribution is 2.22. The number of halogens is 1. The molecule has 0 heterocycles. The molecule has 0 saturated carbocycles. The summed E-state index contributed by atoms with van der Waals surface area (Å²) in [6, 6.07) is 11.3. The number of hydrogen-bond donors (Lipinski definition) is 2. The summed E-state index contributed by atoms with van der Waals surface area (Å²) in [4.78, 5) is 1.93. The van der Waals surface area contributed by atoms with Crippen molar-refractivity contribution in [2.75, 3.05) is 17.7 Å². The van der Waals surface area contributed by atoms with Crippen LogP contribution in [0.3, 0.4) is 0 Å². The van der Waals surface area contributed by atoms with Crippen molar-refractivity contribution in [3.05, 3.63) is 53.8 Å². The van der Waals surface area contributed by atoms with Gasteiger partial charge in [0.05, 0.1) is 0 Å². The summed E-state index contributed by atoms with van der Waals surface area (Å²) in [5.41, 5.74) is 7.92. The van der Waals surface area contributed by atoms with E-state index in [0.29, 0.717) is 12.2 Å². The molecule has 2 aromatic carbocycles. The first-order valence-corrected chi connectivity index (χ1v) is 5.60. The van der Waals surface area contributed by atoms with Gasteiger partial charge in [-0.25, -0.2) is 4.39 Å². The molecule has 3 N–H and O–H groups in total. The normalized spacial score (nSPS) is 10.3. The molecular formula is C14H15FN2O. The van der Waals surface area contributed by atoms with Crippen LogP contribution >= 0.6 is 0 Å². The topological polar surface area (TPSA) is 49.5 Å². The second kappa shape index (κ2) is 4.96. The van der Waals surface area contributed by atoms with Crippen LogP contribution < -0.4 is 10.6 Å². The maximum absolute atomic E-state index is 12.9. The number of anilines is 2. The average molecular weight is 246 g/mol. The largest absolute Gasteiger partial charge is 0.508 e. The first kappa shape index (κ1) is 12.2. The summed E-state index contributed by atoms with van der Waals surface area (Å²) < 4.78 is 12.9. The monoisotopic (exact) mass is 246 g/mol. The van der Waals surface area contributed by atoms with E-state index in [2.05, 4.69) is 0 Å². The summed E-state index contributed by atoms with van der Waals surface area (Å²) in [5.74, 6) is -0.123. The Labute approximate surface area is 105 Å². The highest BCUT2D eigenvalue weighted by atomic mass is 19.1. The summed E-state index contributed by atoms with van der Waals surface area (Å²) in [6.45, 7) is 0.551. The Morgan fingerprint density at radius 1 is 1.22 bits per heavy atom. The van der Waals surface area contributed by atoms with Gasteiger partial charge in [-0.3, -0.25) is 0 Å². The zero-order chi connectivity index (χ0) is 13.1. The van der Waals surface area contributed by atoms with Crippen LogP contribution in [0.25, 0.3) is 0 Å². The SMILES string of the molecule is CN(Cc1ccc(F)cc1N)c1cccc(O)c1. The Balaban J connectivity index is 2.18. The second-order valence-electron chi connectivity index (χ2n) is 4.22. The molecular weight excluding hydrogens is 231 g/mol. The van der Waals surface area contributed by atoms with Gasteiger partial charge in [0.1, 0.15) is 11.6 Å². The van der Waals surface area contributed by atoms with Crippen LogP contribution in [0.2, 0.25) is 0 Å². The molecule has 0 spiro atoms. The third-order valence-electron chi connectivity index (χ3n) is 2.79. The molecule has 0 radical (unpaired) electrons. The molecule has 0 fully saturated rings. The molecule has 0 aliphatic heterocycles. The first-order chi connectivity index (χ1) is 8.56. The number of rotatable bonds is 3. The molecule has 0 aromatic heterocycles. The van der Waals surface area contributed by atoms with E-state index in [4.69, 9.17) is 5.73 Å². The van der Waals surface area contributed by atoms with Crippen LogP contribution in [0.4, 0.5) is 15.8 Å². The zero-order valence-corrected chi connectivity index (χ0v) is 10.1. The fourth-order valence-electron chi connectivity index (χ4n) is 1.79. The zero-order valence-electron chi connectivity index (χ0n) is 10.1. The molecule has 0 aliphatic carbocycles. The van der Waals surface area contributed by atoms with Crippen molar-refractivity contribution >= 4 is 11.4 Å². The Morgan fingerprint density at radius 2 is 2.00 bits per heavy atom. The minimum Gasteiger partial charge on any atom is -0.508 e. The number of phenols is 1. The molecule has 0 saturated heterocycles. The minimum atomic E-state index is -0.337. The fourth-order valence-corrected chi connectivity index (χ4v) is 1.79. The van der Waals surface area contributed by atoms with Gasteiger partial charge in [0.15, 0.2) is 0 Å². The fraction of sp³-hybridized carbons (Fsp3) is 0.143. The Morgan fingerprint density at radius 3 is 2.67 bits per heavy atom. The molecule has 0 bridgehead atoms. The number of nitrogen functional groups attached to an aromatic ring is 1. The number of phenolic OH excluding ortho intramolecular Hbond substituents is 1. The number of benzene rings is 2. The smallest absolute Gasteiger partial charge is 0.125 e. The second-order valence-corrected chi connectivity index (χ2v) is 4.22. The molecule has 2 aromatic rings. The maximum atomic E-state index is 12.9. The molecule has 94 valence electrons. The molecule has 2 rings (SSSR count). The molecule has 18 heavy (non-hydrogen) atoms. The molecule has 0 atom stereocenters. The maximum Gasteiger partial charge on any atom is 0.125 e. The van der Waals surface area contributed by atoms with Crippen molar-refractivity contribution in [1.29, 1.82) is 0 Å². The lowest BCUT2D eigenvalue weighted by Gasteiger charge is -2.20. The van der Waals surface area contributed by atoms with Gasteiger partial charge in [0.25, 0.3) is 0 Å². The van der Waals surface area contributed by atoms with Gasteiger partial charge in [-0.15, -0.1) is 0 Å². The van der Waals surface area contributed by atoms with Crippen molar-refractivity contribution in [2.45, 2.75) is 6.54 Å². The van der Waals surface area contributed by atoms with Gasteiger partial charge >= 0.3 is 0 Å². The molecule has 0 amide bonds. The van der Waals surface area contributed by atoms with Gasteiger partial charge in [-0.2, -0.15) is 0 Å². The van der Waals surface area contributed by atoms with E-state index in [-0.39, 0.29) is 11.6 Å². The summed E-state index contributed by atoms with van der Waals surface area (Å²) in [7, 11) is 1.89. The van der Waals surface area contributed by atoms with Gasteiger partial charge in [0, 0.05) is 31.0 Å². The van der Waals surface area contributed by atoms with Crippen molar-refractivity contribution in [3.8, 4) is 5.75 Å². The average Bonchev–Trinajstić information content (AvgIpc) is 2.32. The minimum absolute atomic E-state index is 0.214. The lowest BCUT2D eigenvalue weighted by atomic mass is 10.1. The number of aromatic hydroxyl groups is 1. The van der Waals surface area contributed by atoms with Gasteiger partial charge in [0.2, 0.25) is 0 Å². The Hall–Kier alpha value is -2.23. The van der Waals surface area contributed by atoms with E-state index in [1.54, 1.807) is 24.3 Å². The highest BCUT2D eigenvalue weighted by molar-refractivity contribution is 5.53. The van der Waals surface area contributed by atoms with Crippen LogP contribution in [0.5, 0.6) is 5.75 Å². The van der Waals surface area contributed by atoms with E-state index in [1.807, 2.05) is 18.0 Å².